The highest BCUT2D eigenvalue weighted by Crippen LogP contribution is 2.29. The van der Waals surface area contributed by atoms with E-state index >= 15 is 0 Å². The van der Waals surface area contributed by atoms with Crippen molar-refractivity contribution in [2.45, 2.75) is 13.8 Å². The van der Waals surface area contributed by atoms with E-state index in [1.54, 1.807) is 42.5 Å². The Morgan fingerprint density at radius 1 is 1.00 bits per heavy atom. The Labute approximate surface area is 194 Å². The summed E-state index contributed by atoms with van der Waals surface area (Å²) in [5.74, 6) is -0.0427. The molecule has 31 heavy (non-hydrogen) atoms. The van der Waals surface area contributed by atoms with E-state index in [-0.39, 0.29) is 5.91 Å². The van der Waals surface area contributed by atoms with E-state index in [2.05, 4.69) is 33.1 Å². The van der Waals surface area contributed by atoms with Gasteiger partial charge in [0.1, 0.15) is 0 Å². The summed E-state index contributed by atoms with van der Waals surface area (Å²) >= 11 is 2.15. The Balaban J connectivity index is 1.70. The molecule has 158 valence electrons. The van der Waals surface area contributed by atoms with Crippen LogP contribution in [0.5, 0.6) is 11.5 Å². The molecule has 6 nitrogen and oxygen atoms in total. The molecule has 3 rings (SSSR count). The van der Waals surface area contributed by atoms with Crippen molar-refractivity contribution in [2.75, 3.05) is 6.61 Å². The number of carbonyl (C=O) groups is 2. The topological polar surface area (TPSA) is 77.0 Å². The normalized spacial score (nSPS) is 10.7. The van der Waals surface area contributed by atoms with Crippen LogP contribution in [0, 0.1) is 10.5 Å². The van der Waals surface area contributed by atoms with Crippen molar-refractivity contribution >= 4 is 40.7 Å². The van der Waals surface area contributed by atoms with Crippen molar-refractivity contribution < 1.29 is 19.1 Å². The number of esters is 1. The highest BCUT2D eigenvalue weighted by atomic mass is 127. The predicted octanol–water partition coefficient (Wildman–Crippen LogP) is 4.98. The molecular formula is C24H21IN2O4. The molecule has 0 bridgehead atoms. The second-order valence-corrected chi connectivity index (χ2v) is 7.85. The third kappa shape index (κ3) is 6.39. The lowest BCUT2D eigenvalue weighted by Gasteiger charge is -2.11. The minimum Gasteiger partial charge on any atom is -0.490 e. The average Bonchev–Trinajstić information content (AvgIpc) is 2.76. The van der Waals surface area contributed by atoms with Gasteiger partial charge in [-0.25, -0.2) is 10.2 Å². The van der Waals surface area contributed by atoms with Gasteiger partial charge in [-0.2, -0.15) is 5.10 Å². The number of hydrogen-bond acceptors (Lipinski definition) is 5. The Bertz CT molecular complexity index is 1110. The minimum absolute atomic E-state index is 0.302. The maximum atomic E-state index is 12.4. The first kappa shape index (κ1) is 22.5. The smallest absolute Gasteiger partial charge is 0.343 e. The molecule has 1 amide bonds. The molecule has 3 aromatic carbocycles. The monoisotopic (exact) mass is 528 g/mol. The number of halogens is 1. The van der Waals surface area contributed by atoms with Gasteiger partial charge in [0.15, 0.2) is 11.5 Å². The van der Waals surface area contributed by atoms with Gasteiger partial charge in [0, 0.05) is 9.13 Å². The molecule has 0 radical (unpaired) electrons. The number of benzene rings is 3. The second-order valence-electron chi connectivity index (χ2n) is 6.60. The first-order valence-electron chi connectivity index (χ1n) is 9.61. The quantitative estimate of drug-likeness (QED) is 0.154. The molecule has 0 saturated heterocycles. The number of nitrogens with one attached hydrogen (secondary N) is 1. The molecule has 0 fully saturated rings. The number of aryl methyl sites for hydroxylation is 1. The fourth-order valence-electron chi connectivity index (χ4n) is 2.67. The van der Waals surface area contributed by atoms with Crippen LogP contribution >= 0.6 is 22.6 Å². The average molecular weight is 528 g/mol. The van der Waals surface area contributed by atoms with Gasteiger partial charge in [0.2, 0.25) is 0 Å². The molecule has 0 aliphatic heterocycles. The van der Waals surface area contributed by atoms with Crippen molar-refractivity contribution in [3.8, 4) is 11.5 Å². The number of hydrazone groups is 1. The van der Waals surface area contributed by atoms with Crippen LogP contribution in [0.1, 0.15) is 38.8 Å². The Morgan fingerprint density at radius 2 is 1.77 bits per heavy atom. The summed E-state index contributed by atoms with van der Waals surface area (Å²) < 4.78 is 12.1. The van der Waals surface area contributed by atoms with Crippen LogP contribution < -0.4 is 14.9 Å². The fraction of sp³-hybridized carbons (Fsp3) is 0.125. The highest BCUT2D eigenvalue weighted by molar-refractivity contribution is 14.1. The first-order valence-corrected chi connectivity index (χ1v) is 10.7. The van der Waals surface area contributed by atoms with Gasteiger partial charge in [-0.3, -0.25) is 4.79 Å². The molecule has 0 heterocycles. The van der Waals surface area contributed by atoms with E-state index in [0.717, 1.165) is 9.13 Å². The first-order chi connectivity index (χ1) is 15.0. The molecule has 3 aromatic rings. The number of hydrogen-bond donors (Lipinski definition) is 1. The SMILES string of the molecule is CCOc1cc(/C=N\NC(=O)c2cccc(I)c2)ccc1OC(=O)c1ccc(C)cc1. The van der Waals surface area contributed by atoms with Crippen LogP contribution in [0.3, 0.4) is 0 Å². The molecule has 0 aliphatic carbocycles. The van der Waals surface area contributed by atoms with E-state index < -0.39 is 5.97 Å². The summed E-state index contributed by atoms with van der Waals surface area (Å²) in [7, 11) is 0. The van der Waals surface area contributed by atoms with Crippen molar-refractivity contribution in [1.82, 2.24) is 5.43 Å². The molecule has 0 aliphatic rings. The lowest BCUT2D eigenvalue weighted by atomic mass is 10.1. The number of ether oxygens (including phenoxy) is 2. The van der Waals surface area contributed by atoms with Gasteiger partial charge in [-0.15, -0.1) is 0 Å². The van der Waals surface area contributed by atoms with Crippen molar-refractivity contribution in [3.05, 3.63) is 92.6 Å². The summed E-state index contributed by atoms with van der Waals surface area (Å²) in [6, 6.07) is 19.4. The maximum absolute atomic E-state index is 12.4. The number of carbonyl (C=O) groups excluding carboxylic acids is 2. The zero-order valence-corrected chi connectivity index (χ0v) is 19.3. The van der Waals surface area contributed by atoms with Crippen LogP contribution in [0.25, 0.3) is 0 Å². The third-order valence-corrected chi connectivity index (χ3v) is 4.90. The van der Waals surface area contributed by atoms with E-state index in [0.29, 0.717) is 34.8 Å². The Morgan fingerprint density at radius 3 is 2.48 bits per heavy atom. The van der Waals surface area contributed by atoms with Gasteiger partial charge in [-0.1, -0.05) is 23.8 Å². The molecular weight excluding hydrogens is 507 g/mol. The number of amides is 1. The fourth-order valence-corrected chi connectivity index (χ4v) is 3.21. The summed E-state index contributed by atoms with van der Waals surface area (Å²) in [5, 5.41) is 4.00. The zero-order chi connectivity index (χ0) is 22.2. The van der Waals surface area contributed by atoms with Crippen LogP contribution in [0.2, 0.25) is 0 Å². The molecule has 1 N–H and O–H groups in total. The summed E-state index contributed by atoms with van der Waals surface area (Å²) in [6.07, 6.45) is 1.50. The van der Waals surface area contributed by atoms with Crippen molar-refractivity contribution in [2.24, 2.45) is 5.10 Å². The summed E-state index contributed by atoms with van der Waals surface area (Å²) in [6.45, 7) is 4.19. The standard InChI is InChI=1S/C24H21IN2O4/c1-3-30-22-13-17(15-26-27-23(28)19-5-4-6-20(25)14-19)9-12-21(22)31-24(29)18-10-7-16(2)8-11-18/h4-15H,3H2,1-2H3,(H,27,28)/b26-15-. The molecule has 0 unspecified atom stereocenters. The lowest BCUT2D eigenvalue weighted by molar-refractivity contribution is 0.0728. The van der Waals surface area contributed by atoms with Gasteiger partial charge >= 0.3 is 5.97 Å². The minimum atomic E-state index is -0.466. The largest absolute Gasteiger partial charge is 0.490 e. The van der Waals surface area contributed by atoms with Crippen molar-refractivity contribution in [1.29, 1.82) is 0 Å². The van der Waals surface area contributed by atoms with E-state index in [4.69, 9.17) is 9.47 Å². The summed E-state index contributed by atoms with van der Waals surface area (Å²) in [4.78, 5) is 24.6. The molecule has 7 heteroatoms. The zero-order valence-electron chi connectivity index (χ0n) is 17.1. The predicted molar refractivity (Wildman–Crippen MR) is 128 cm³/mol. The Hall–Kier alpha value is -3.20. The highest BCUT2D eigenvalue weighted by Gasteiger charge is 2.13. The number of nitrogens with zero attached hydrogens (tertiary/aromatic N) is 1. The van der Waals surface area contributed by atoms with Crippen LogP contribution in [0.15, 0.2) is 71.8 Å². The third-order valence-electron chi connectivity index (χ3n) is 4.22. The molecule has 0 saturated carbocycles. The van der Waals surface area contributed by atoms with Crippen molar-refractivity contribution in [3.63, 3.8) is 0 Å². The number of rotatable bonds is 7. The van der Waals surface area contributed by atoms with E-state index in [1.165, 1.54) is 6.21 Å². The molecule has 0 atom stereocenters. The van der Waals surface area contributed by atoms with Gasteiger partial charge in [-0.05, 0) is 90.5 Å². The second kappa shape index (κ2) is 10.7. The molecule has 0 aromatic heterocycles. The lowest BCUT2D eigenvalue weighted by Crippen LogP contribution is -2.17. The Kier molecular flexibility index (Phi) is 7.77. The van der Waals surface area contributed by atoms with Gasteiger partial charge < -0.3 is 9.47 Å². The van der Waals surface area contributed by atoms with Gasteiger partial charge in [0.25, 0.3) is 5.91 Å². The van der Waals surface area contributed by atoms with E-state index in [1.807, 2.05) is 38.1 Å². The van der Waals surface area contributed by atoms with Gasteiger partial charge in [0.05, 0.1) is 18.4 Å². The van der Waals surface area contributed by atoms with Crippen LogP contribution in [-0.2, 0) is 0 Å². The summed E-state index contributed by atoms with van der Waals surface area (Å²) in [5.41, 5.74) is 5.22. The molecule has 0 spiro atoms. The maximum Gasteiger partial charge on any atom is 0.343 e. The van der Waals surface area contributed by atoms with Crippen LogP contribution in [-0.4, -0.2) is 24.7 Å². The van der Waals surface area contributed by atoms with E-state index in [9.17, 15) is 9.59 Å². The van der Waals surface area contributed by atoms with Crippen LogP contribution in [0.4, 0.5) is 0 Å².